The number of benzene rings is 2. The van der Waals surface area contributed by atoms with Crippen molar-refractivity contribution in [2.75, 3.05) is 26.3 Å². The monoisotopic (exact) mass is 453 g/mol. The molecule has 170 valence electrons. The molecule has 3 aromatic rings. The highest BCUT2D eigenvalue weighted by Crippen LogP contribution is 2.30. The van der Waals surface area contributed by atoms with Gasteiger partial charge in [-0.1, -0.05) is 6.07 Å². The summed E-state index contributed by atoms with van der Waals surface area (Å²) >= 11 is 0. The average molecular weight is 453 g/mol. The molecule has 0 spiro atoms. The topological polar surface area (TPSA) is 73.7 Å². The third kappa shape index (κ3) is 4.18. The van der Waals surface area contributed by atoms with Crippen molar-refractivity contribution >= 4 is 11.7 Å². The molecule has 0 bridgehead atoms. The van der Waals surface area contributed by atoms with Crippen LogP contribution in [0.5, 0.6) is 11.5 Å². The van der Waals surface area contributed by atoms with E-state index in [0.717, 1.165) is 11.6 Å². The molecule has 0 saturated carbocycles. The van der Waals surface area contributed by atoms with Gasteiger partial charge in [0.25, 0.3) is 5.91 Å². The molecule has 1 fully saturated rings. The van der Waals surface area contributed by atoms with Crippen LogP contribution in [0.1, 0.15) is 15.9 Å². The van der Waals surface area contributed by atoms with E-state index in [-0.39, 0.29) is 42.6 Å². The van der Waals surface area contributed by atoms with Crippen LogP contribution < -0.4 is 9.47 Å². The predicted molar refractivity (Wildman–Crippen MR) is 114 cm³/mol. The minimum absolute atomic E-state index is 0.0111. The van der Waals surface area contributed by atoms with Crippen LogP contribution in [-0.4, -0.2) is 52.7 Å². The number of halogens is 2. The van der Waals surface area contributed by atoms with E-state index in [1.807, 2.05) is 0 Å². The number of fused-ring (bicyclic) bond motifs is 1. The number of aryl methyl sites for hydroxylation is 1. The number of hydrogen-bond donors (Lipinski definition) is 0. The van der Waals surface area contributed by atoms with Crippen molar-refractivity contribution < 1.29 is 27.8 Å². The molecule has 2 aliphatic heterocycles. The standard InChI is InChI=1S/C24H21F2N3O4/c1-28-11-17(8-27-28)15-2-3-22(21(26)6-15)32-12-14-9-29(10-14)24(31)19-5-16-4-18(30)13-33-23(16)7-20(19)25/h2-3,5-8,11,14H,4,9-10,12-13H2,1H3. The Balaban J connectivity index is 1.17. The molecule has 33 heavy (non-hydrogen) atoms. The van der Waals surface area contributed by atoms with Crippen molar-refractivity contribution in [1.29, 1.82) is 0 Å². The van der Waals surface area contributed by atoms with Crippen molar-refractivity contribution in [2.24, 2.45) is 13.0 Å². The van der Waals surface area contributed by atoms with E-state index in [2.05, 4.69) is 5.10 Å². The summed E-state index contributed by atoms with van der Waals surface area (Å²) in [6, 6.07) is 7.29. The normalized spacial score (nSPS) is 15.6. The van der Waals surface area contributed by atoms with Crippen LogP contribution in [0.15, 0.2) is 42.7 Å². The lowest BCUT2D eigenvalue weighted by molar-refractivity contribution is -0.121. The first-order valence-corrected chi connectivity index (χ1v) is 10.5. The lowest BCUT2D eigenvalue weighted by Gasteiger charge is -2.39. The molecule has 2 aliphatic rings. The molecule has 0 atom stereocenters. The SMILES string of the molecule is Cn1cc(-c2ccc(OCC3CN(C(=O)c4cc5c(cc4F)OCC(=O)C5)C3)c(F)c2)cn1. The highest BCUT2D eigenvalue weighted by molar-refractivity contribution is 5.96. The van der Waals surface area contributed by atoms with Crippen LogP contribution in [0.3, 0.4) is 0 Å². The van der Waals surface area contributed by atoms with Gasteiger partial charge >= 0.3 is 0 Å². The third-order valence-electron chi connectivity index (χ3n) is 5.85. The lowest BCUT2D eigenvalue weighted by Crippen LogP contribution is -2.52. The Kier molecular flexibility index (Phi) is 5.32. The highest BCUT2D eigenvalue weighted by atomic mass is 19.1. The fraction of sp³-hybridized carbons (Fsp3) is 0.292. The van der Waals surface area contributed by atoms with Gasteiger partial charge in [0.15, 0.2) is 17.3 Å². The minimum atomic E-state index is -0.677. The first-order valence-electron chi connectivity index (χ1n) is 10.5. The van der Waals surface area contributed by atoms with Crippen LogP contribution in [-0.2, 0) is 18.3 Å². The zero-order valence-electron chi connectivity index (χ0n) is 17.9. The summed E-state index contributed by atoms with van der Waals surface area (Å²) < 4.78 is 41.4. The second-order valence-electron chi connectivity index (χ2n) is 8.38. The molecule has 5 rings (SSSR count). The Morgan fingerprint density at radius 2 is 2.00 bits per heavy atom. The van der Waals surface area contributed by atoms with Crippen LogP contribution in [0, 0.1) is 17.6 Å². The number of ether oxygens (including phenoxy) is 2. The van der Waals surface area contributed by atoms with Crippen LogP contribution in [0.2, 0.25) is 0 Å². The second-order valence-corrected chi connectivity index (χ2v) is 8.38. The van der Waals surface area contributed by atoms with Gasteiger partial charge in [0.1, 0.15) is 18.2 Å². The number of hydrogen-bond acceptors (Lipinski definition) is 5. The Labute approximate surface area is 188 Å². The number of ketones is 1. The number of Topliss-reactive ketones (excluding diaryl/α,β-unsaturated/α-hetero) is 1. The number of amides is 1. The van der Waals surface area contributed by atoms with Gasteiger partial charge < -0.3 is 14.4 Å². The summed E-state index contributed by atoms with van der Waals surface area (Å²) in [6.45, 7) is 0.905. The number of aromatic nitrogens is 2. The van der Waals surface area contributed by atoms with Crippen molar-refractivity contribution in [3.05, 3.63) is 65.5 Å². The molecule has 0 N–H and O–H groups in total. The molecule has 3 heterocycles. The van der Waals surface area contributed by atoms with Crippen molar-refractivity contribution in [2.45, 2.75) is 6.42 Å². The van der Waals surface area contributed by atoms with Gasteiger partial charge in [-0.05, 0) is 23.8 Å². The summed E-state index contributed by atoms with van der Waals surface area (Å²) in [5, 5.41) is 4.08. The van der Waals surface area contributed by atoms with E-state index in [1.54, 1.807) is 36.3 Å². The van der Waals surface area contributed by atoms with Gasteiger partial charge in [-0.2, -0.15) is 5.10 Å². The molecule has 0 unspecified atom stereocenters. The summed E-state index contributed by atoms with van der Waals surface area (Å²) in [6.07, 6.45) is 3.58. The molecule has 1 aromatic heterocycles. The average Bonchev–Trinajstić information content (AvgIpc) is 3.19. The number of carbonyl (C=O) groups excluding carboxylic acids is 2. The maximum atomic E-state index is 14.5. The van der Waals surface area contributed by atoms with E-state index in [1.165, 1.54) is 17.0 Å². The zero-order chi connectivity index (χ0) is 23.1. The van der Waals surface area contributed by atoms with Gasteiger partial charge in [0.05, 0.1) is 18.4 Å². The van der Waals surface area contributed by atoms with Crippen LogP contribution in [0.4, 0.5) is 8.78 Å². The van der Waals surface area contributed by atoms with Gasteiger partial charge in [-0.3, -0.25) is 14.3 Å². The molecule has 9 heteroatoms. The van der Waals surface area contributed by atoms with E-state index < -0.39 is 17.5 Å². The van der Waals surface area contributed by atoms with E-state index in [9.17, 15) is 18.4 Å². The Morgan fingerprint density at radius 1 is 1.18 bits per heavy atom. The Morgan fingerprint density at radius 3 is 2.73 bits per heavy atom. The van der Waals surface area contributed by atoms with Crippen LogP contribution >= 0.6 is 0 Å². The second kappa shape index (κ2) is 8.31. The molecule has 7 nitrogen and oxygen atoms in total. The van der Waals surface area contributed by atoms with Crippen LogP contribution in [0.25, 0.3) is 11.1 Å². The molecular weight excluding hydrogens is 432 g/mol. The fourth-order valence-corrected chi connectivity index (χ4v) is 4.04. The van der Waals surface area contributed by atoms with Gasteiger partial charge in [-0.25, -0.2) is 8.78 Å². The molecular formula is C24H21F2N3O4. The third-order valence-corrected chi connectivity index (χ3v) is 5.85. The van der Waals surface area contributed by atoms with E-state index in [4.69, 9.17) is 9.47 Å². The minimum Gasteiger partial charge on any atom is -0.490 e. The molecule has 2 aromatic carbocycles. The van der Waals surface area contributed by atoms with Gasteiger partial charge in [0.2, 0.25) is 0 Å². The summed E-state index contributed by atoms with van der Waals surface area (Å²) in [5.41, 5.74) is 1.94. The summed E-state index contributed by atoms with van der Waals surface area (Å²) in [4.78, 5) is 25.8. The Bertz CT molecular complexity index is 1250. The first-order chi connectivity index (χ1) is 15.9. The van der Waals surface area contributed by atoms with Crippen molar-refractivity contribution in [3.63, 3.8) is 0 Å². The summed E-state index contributed by atoms with van der Waals surface area (Å²) in [5.74, 6) is -1.27. The lowest BCUT2D eigenvalue weighted by atomic mass is 9.97. The highest BCUT2D eigenvalue weighted by Gasteiger charge is 2.34. The fourth-order valence-electron chi connectivity index (χ4n) is 4.04. The number of nitrogens with zero attached hydrogens (tertiary/aromatic N) is 3. The maximum Gasteiger partial charge on any atom is 0.256 e. The first kappa shape index (κ1) is 21.1. The van der Waals surface area contributed by atoms with Crippen molar-refractivity contribution in [3.8, 4) is 22.6 Å². The van der Waals surface area contributed by atoms with Gasteiger partial charge in [0, 0.05) is 55.9 Å². The molecule has 1 saturated heterocycles. The molecule has 1 amide bonds. The largest absolute Gasteiger partial charge is 0.490 e. The zero-order valence-corrected chi connectivity index (χ0v) is 17.9. The number of likely N-dealkylation sites (tertiary alicyclic amines) is 1. The van der Waals surface area contributed by atoms with E-state index in [0.29, 0.717) is 30.0 Å². The molecule has 0 aliphatic carbocycles. The quantitative estimate of drug-likeness (QED) is 0.594. The molecule has 0 radical (unpaired) electrons. The Hall–Kier alpha value is -3.75. The smallest absolute Gasteiger partial charge is 0.256 e. The van der Waals surface area contributed by atoms with E-state index >= 15 is 0 Å². The van der Waals surface area contributed by atoms with Gasteiger partial charge in [-0.15, -0.1) is 0 Å². The maximum absolute atomic E-state index is 14.5. The van der Waals surface area contributed by atoms with Crippen molar-refractivity contribution in [1.82, 2.24) is 14.7 Å². The summed E-state index contributed by atoms with van der Waals surface area (Å²) in [7, 11) is 1.79. The predicted octanol–water partition coefficient (Wildman–Crippen LogP) is 3.02. The number of carbonyl (C=O) groups is 2. The number of rotatable bonds is 5.